The summed E-state index contributed by atoms with van der Waals surface area (Å²) in [5, 5.41) is 12.5. The highest BCUT2D eigenvalue weighted by Gasteiger charge is 2.30. The first-order chi connectivity index (χ1) is 18.1. The van der Waals surface area contributed by atoms with Gasteiger partial charge in [-0.3, -0.25) is 14.6 Å². The maximum Gasteiger partial charge on any atom is 0.326 e. The van der Waals surface area contributed by atoms with Crippen molar-refractivity contribution in [2.24, 2.45) is 5.92 Å². The van der Waals surface area contributed by atoms with Crippen LogP contribution >= 0.6 is 0 Å². The monoisotopic (exact) mass is 513 g/mol. The maximum atomic E-state index is 12.9. The van der Waals surface area contributed by atoms with E-state index in [-0.39, 0.29) is 18.2 Å². The van der Waals surface area contributed by atoms with Gasteiger partial charge in [-0.05, 0) is 93.0 Å². The molecule has 1 aliphatic heterocycles. The van der Waals surface area contributed by atoms with Crippen molar-refractivity contribution >= 4 is 23.5 Å². The molecule has 0 radical (unpaired) electrons. The van der Waals surface area contributed by atoms with E-state index in [2.05, 4.69) is 16.4 Å². The third-order valence-corrected chi connectivity index (χ3v) is 7.18. The van der Waals surface area contributed by atoms with E-state index in [1.807, 2.05) is 76.4 Å². The van der Waals surface area contributed by atoms with Crippen LogP contribution < -0.4 is 10.2 Å². The maximum absolute atomic E-state index is 12.9. The number of carboxylic acids is 1. The Bertz CT molecular complexity index is 1330. The number of nitrogens with one attached hydrogen (secondary N) is 1. The number of anilines is 1. The summed E-state index contributed by atoms with van der Waals surface area (Å²) in [7, 11) is 0. The first kappa shape index (κ1) is 27.0. The van der Waals surface area contributed by atoms with Crippen LogP contribution in [-0.2, 0) is 22.4 Å². The van der Waals surface area contributed by atoms with Crippen molar-refractivity contribution in [3.8, 4) is 0 Å². The van der Waals surface area contributed by atoms with E-state index in [0.717, 1.165) is 46.5 Å². The second kappa shape index (κ2) is 11.6. The average Bonchev–Trinajstić information content (AvgIpc) is 3.22. The average molecular weight is 514 g/mol. The number of pyridine rings is 1. The van der Waals surface area contributed by atoms with Crippen LogP contribution in [0.15, 0.2) is 54.7 Å². The second-order valence-electron chi connectivity index (χ2n) is 10.4. The first-order valence-electron chi connectivity index (χ1n) is 13.0. The lowest BCUT2D eigenvalue weighted by molar-refractivity contribution is -0.139. The van der Waals surface area contributed by atoms with Crippen molar-refractivity contribution in [1.82, 2.24) is 10.3 Å². The lowest BCUT2D eigenvalue weighted by Gasteiger charge is -2.19. The summed E-state index contributed by atoms with van der Waals surface area (Å²) in [5.41, 5.74) is 7.01. The quantitative estimate of drug-likeness (QED) is 0.431. The number of rotatable bonds is 9. The molecule has 2 atom stereocenters. The molecule has 1 aliphatic rings. The Balaban J connectivity index is 1.37. The van der Waals surface area contributed by atoms with Gasteiger partial charge in [0.15, 0.2) is 0 Å². The molecule has 0 spiro atoms. The molecule has 1 aromatic heterocycles. The fourth-order valence-corrected chi connectivity index (χ4v) is 5.33. The van der Waals surface area contributed by atoms with Gasteiger partial charge in [0.1, 0.15) is 6.04 Å². The number of aliphatic carboxylic acids is 1. The normalized spacial score (nSPS) is 15.9. The third-order valence-electron chi connectivity index (χ3n) is 7.18. The molecule has 0 bridgehead atoms. The Morgan fingerprint density at radius 2 is 1.71 bits per heavy atom. The number of aromatic nitrogens is 1. The molecule has 4 rings (SSSR count). The van der Waals surface area contributed by atoms with Crippen molar-refractivity contribution in [2.75, 3.05) is 11.4 Å². The minimum Gasteiger partial charge on any atom is -0.480 e. The zero-order valence-electron chi connectivity index (χ0n) is 22.5. The second-order valence-corrected chi connectivity index (χ2v) is 10.4. The summed E-state index contributed by atoms with van der Waals surface area (Å²) in [6, 6.07) is 14.2. The zero-order valence-corrected chi connectivity index (χ0v) is 22.5. The number of benzene rings is 2. The van der Waals surface area contributed by atoms with Gasteiger partial charge in [0.05, 0.1) is 0 Å². The van der Waals surface area contributed by atoms with Gasteiger partial charge < -0.3 is 15.3 Å². The highest BCUT2D eigenvalue weighted by molar-refractivity contribution is 5.99. The van der Waals surface area contributed by atoms with Gasteiger partial charge in [0.2, 0.25) is 5.91 Å². The number of hydrogen-bond acceptors (Lipinski definition) is 4. The van der Waals surface area contributed by atoms with E-state index in [1.54, 1.807) is 4.90 Å². The summed E-state index contributed by atoms with van der Waals surface area (Å²) in [6.45, 7) is 8.38. The molecule has 3 aromatic rings. The summed E-state index contributed by atoms with van der Waals surface area (Å²) in [4.78, 5) is 43.8. The number of carbonyl (C=O) groups is 3. The fourth-order valence-electron chi connectivity index (χ4n) is 5.33. The molecule has 0 saturated carbocycles. The number of amides is 2. The van der Waals surface area contributed by atoms with Crippen LogP contribution in [0, 0.1) is 33.6 Å². The van der Waals surface area contributed by atoms with Gasteiger partial charge in [-0.2, -0.15) is 0 Å². The lowest BCUT2D eigenvalue weighted by atomic mass is 9.98. The summed E-state index contributed by atoms with van der Waals surface area (Å²) in [6.07, 6.45) is 4.22. The van der Waals surface area contributed by atoms with E-state index in [0.29, 0.717) is 18.5 Å². The SMILES string of the molecule is Cc1ccnc(CCC2CC(=O)N(c3ccc(C[C@H](NC(=O)c4c(C)cc(C)cc4C)C(=O)O)cc3)C2)c1. The zero-order chi connectivity index (χ0) is 27.4. The smallest absolute Gasteiger partial charge is 0.326 e. The van der Waals surface area contributed by atoms with E-state index < -0.39 is 17.9 Å². The molecule has 2 heterocycles. The van der Waals surface area contributed by atoms with E-state index in [4.69, 9.17) is 0 Å². The van der Waals surface area contributed by atoms with Gasteiger partial charge in [0.25, 0.3) is 5.91 Å². The molecule has 1 unspecified atom stereocenters. The number of hydrogen-bond donors (Lipinski definition) is 2. The molecule has 1 fully saturated rings. The number of aryl methyl sites for hydroxylation is 5. The Hall–Kier alpha value is -4.00. The van der Waals surface area contributed by atoms with Crippen LogP contribution in [0.4, 0.5) is 5.69 Å². The number of carboxylic acid groups (broad SMARTS) is 1. The van der Waals surface area contributed by atoms with Crippen LogP contribution in [0.3, 0.4) is 0 Å². The third kappa shape index (κ3) is 6.46. The molecule has 0 aliphatic carbocycles. The van der Waals surface area contributed by atoms with E-state index in [1.165, 1.54) is 5.56 Å². The summed E-state index contributed by atoms with van der Waals surface area (Å²) < 4.78 is 0. The Morgan fingerprint density at radius 1 is 1.03 bits per heavy atom. The predicted molar refractivity (Wildman–Crippen MR) is 147 cm³/mol. The fraction of sp³-hybridized carbons (Fsp3) is 0.355. The lowest BCUT2D eigenvalue weighted by Crippen LogP contribution is -2.42. The van der Waals surface area contributed by atoms with Crippen molar-refractivity contribution in [2.45, 2.75) is 59.4 Å². The molecule has 2 N–H and O–H groups in total. The Kier molecular flexibility index (Phi) is 8.25. The summed E-state index contributed by atoms with van der Waals surface area (Å²) in [5.74, 6) is -1.12. The Morgan fingerprint density at radius 3 is 2.34 bits per heavy atom. The largest absolute Gasteiger partial charge is 0.480 e. The molecule has 38 heavy (non-hydrogen) atoms. The van der Waals surface area contributed by atoms with Gasteiger partial charge in [0, 0.05) is 42.5 Å². The molecular weight excluding hydrogens is 478 g/mol. The summed E-state index contributed by atoms with van der Waals surface area (Å²) >= 11 is 0. The first-order valence-corrected chi connectivity index (χ1v) is 13.0. The van der Waals surface area contributed by atoms with E-state index >= 15 is 0 Å². The molecule has 7 heteroatoms. The van der Waals surface area contributed by atoms with Crippen LogP contribution in [-0.4, -0.2) is 40.5 Å². The molecule has 2 amide bonds. The van der Waals surface area contributed by atoms with E-state index in [9.17, 15) is 19.5 Å². The van der Waals surface area contributed by atoms with Crippen LogP contribution in [0.25, 0.3) is 0 Å². The van der Waals surface area contributed by atoms with Gasteiger partial charge in [-0.1, -0.05) is 29.8 Å². The highest BCUT2D eigenvalue weighted by Crippen LogP contribution is 2.28. The van der Waals surface area contributed by atoms with Crippen molar-refractivity contribution in [3.05, 3.63) is 93.8 Å². The molecular formula is C31H35N3O4. The highest BCUT2D eigenvalue weighted by atomic mass is 16.4. The van der Waals surface area contributed by atoms with Crippen molar-refractivity contribution in [1.29, 1.82) is 0 Å². The van der Waals surface area contributed by atoms with Crippen molar-refractivity contribution in [3.63, 3.8) is 0 Å². The minimum absolute atomic E-state index is 0.0967. The minimum atomic E-state index is -1.09. The molecule has 7 nitrogen and oxygen atoms in total. The number of nitrogens with zero attached hydrogens (tertiary/aromatic N) is 2. The van der Waals surface area contributed by atoms with Crippen LogP contribution in [0.1, 0.15) is 56.7 Å². The number of carbonyl (C=O) groups excluding carboxylic acids is 2. The van der Waals surface area contributed by atoms with Crippen molar-refractivity contribution < 1.29 is 19.5 Å². The molecule has 1 saturated heterocycles. The predicted octanol–water partition coefficient (Wildman–Crippen LogP) is 4.73. The van der Waals surface area contributed by atoms with Crippen LogP contribution in [0.2, 0.25) is 0 Å². The Labute approximate surface area is 223 Å². The topological polar surface area (TPSA) is 99.6 Å². The van der Waals surface area contributed by atoms with Crippen LogP contribution in [0.5, 0.6) is 0 Å². The van der Waals surface area contributed by atoms with Gasteiger partial charge in [-0.15, -0.1) is 0 Å². The molecule has 198 valence electrons. The van der Waals surface area contributed by atoms with Gasteiger partial charge >= 0.3 is 5.97 Å². The standard InChI is InChI=1S/C31H35N3O4/c1-19-11-12-32-25(15-19)8-5-24-17-28(35)34(18-24)26-9-6-23(7-10-26)16-27(31(37)38)33-30(36)29-21(3)13-20(2)14-22(29)4/h6-7,9-15,24,27H,5,8,16-18H2,1-4H3,(H,33,36)(H,37,38)/t24?,27-/m0/s1. The molecule has 2 aromatic carbocycles. The van der Waals surface area contributed by atoms with Gasteiger partial charge in [-0.25, -0.2) is 4.79 Å².